The van der Waals surface area contributed by atoms with E-state index in [0.29, 0.717) is 42.5 Å². The lowest BCUT2D eigenvalue weighted by molar-refractivity contribution is 0.0672. The number of hydrogen-bond acceptors (Lipinski definition) is 3. The zero-order chi connectivity index (χ0) is 19.4. The van der Waals surface area contributed by atoms with E-state index in [4.69, 9.17) is 11.6 Å². The predicted octanol–water partition coefficient (Wildman–Crippen LogP) is 3.40. The van der Waals surface area contributed by atoms with Crippen molar-refractivity contribution in [1.29, 1.82) is 0 Å². The van der Waals surface area contributed by atoms with Gasteiger partial charge in [0.15, 0.2) is 0 Å². The summed E-state index contributed by atoms with van der Waals surface area (Å²) in [4.78, 5) is 30.6. The molecule has 0 aliphatic carbocycles. The predicted molar refractivity (Wildman–Crippen MR) is 109 cm³/mol. The lowest BCUT2D eigenvalue weighted by atomic mass is 10.1. The molecule has 0 saturated carbocycles. The van der Waals surface area contributed by atoms with Crippen molar-refractivity contribution in [3.63, 3.8) is 0 Å². The fourth-order valence-corrected chi connectivity index (χ4v) is 3.17. The monoisotopic (exact) mass is 386 g/mol. The normalized spacial score (nSPS) is 14.0. The van der Waals surface area contributed by atoms with Gasteiger partial charge < -0.3 is 20.0 Å². The quantitative estimate of drug-likeness (QED) is 0.879. The average Bonchev–Trinajstić information content (AvgIpc) is 2.67. The molecule has 1 N–H and O–H groups in total. The number of benzene rings is 2. The molecule has 6 nitrogen and oxygen atoms in total. The van der Waals surface area contributed by atoms with Gasteiger partial charge >= 0.3 is 6.03 Å². The van der Waals surface area contributed by atoms with Crippen LogP contribution in [0.25, 0.3) is 0 Å². The summed E-state index contributed by atoms with van der Waals surface area (Å²) in [5, 5.41) is 3.41. The van der Waals surface area contributed by atoms with Gasteiger partial charge in [-0.2, -0.15) is 0 Å². The molecule has 3 amide bonds. The number of carbonyl (C=O) groups excluding carboxylic acids is 2. The number of rotatable bonds is 3. The summed E-state index contributed by atoms with van der Waals surface area (Å²) in [5.41, 5.74) is 2.31. The molecule has 1 heterocycles. The molecule has 0 bridgehead atoms. The molecule has 0 unspecified atom stereocenters. The molecule has 1 aliphatic heterocycles. The molecule has 0 radical (unpaired) electrons. The maximum atomic E-state index is 12.8. The summed E-state index contributed by atoms with van der Waals surface area (Å²) in [7, 11) is 3.89. The molecule has 2 aromatic rings. The highest BCUT2D eigenvalue weighted by atomic mass is 35.5. The average molecular weight is 387 g/mol. The molecule has 1 fully saturated rings. The second kappa shape index (κ2) is 8.31. The molecule has 1 saturated heterocycles. The van der Waals surface area contributed by atoms with E-state index in [-0.39, 0.29) is 11.9 Å². The number of nitrogens with zero attached hydrogens (tertiary/aromatic N) is 3. The van der Waals surface area contributed by atoms with Gasteiger partial charge in [0.25, 0.3) is 5.91 Å². The Bertz CT molecular complexity index is 832. The molecule has 1 aliphatic rings. The zero-order valence-corrected chi connectivity index (χ0v) is 16.2. The summed E-state index contributed by atoms with van der Waals surface area (Å²) < 4.78 is 0. The lowest BCUT2D eigenvalue weighted by Crippen LogP contribution is -2.51. The van der Waals surface area contributed by atoms with Gasteiger partial charge in [0.05, 0.1) is 0 Å². The third-order valence-electron chi connectivity index (χ3n) is 4.54. The van der Waals surface area contributed by atoms with E-state index in [2.05, 4.69) is 5.32 Å². The molecule has 2 aromatic carbocycles. The van der Waals surface area contributed by atoms with Gasteiger partial charge in [0.1, 0.15) is 0 Å². The number of hydrogen-bond donors (Lipinski definition) is 1. The number of piperazine rings is 1. The van der Waals surface area contributed by atoms with Crippen LogP contribution in [0, 0.1) is 0 Å². The Labute approximate surface area is 164 Å². The van der Waals surface area contributed by atoms with Crippen LogP contribution < -0.4 is 10.2 Å². The van der Waals surface area contributed by atoms with Crippen molar-refractivity contribution in [2.45, 2.75) is 0 Å². The third kappa shape index (κ3) is 4.71. The molecular formula is C20H23ClN4O2. The van der Waals surface area contributed by atoms with Crippen LogP contribution in [-0.2, 0) is 0 Å². The Morgan fingerprint density at radius 3 is 2.30 bits per heavy atom. The van der Waals surface area contributed by atoms with Crippen LogP contribution in [0.15, 0.2) is 48.5 Å². The Balaban J connectivity index is 1.57. The van der Waals surface area contributed by atoms with Crippen LogP contribution in [0.5, 0.6) is 0 Å². The fraction of sp³-hybridized carbons (Fsp3) is 0.300. The number of carbonyl (C=O) groups is 2. The molecule has 0 spiro atoms. The number of halogens is 1. The van der Waals surface area contributed by atoms with Crippen LogP contribution in [-0.4, -0.2) is 62.0 Å². The van der Waals surface area contributed by atoms with Crippen molar-refractivity contribution < 1.29 is 9.59 Å². The first kappa shape index (κ1) is 19.0. The maximum absolute atomic E-state index is 12.8. The highest BCUT2D eigenvalue weighted by Crippen LogP contribution is 2.18. The minimum absolute atomic E-state index is 0.00593. The van der Waals surface area contributed by atoms with Crippen molar-refractivity contribution in [1.82, 2.24) is 9.80 Å². The topological polar surface area (TPSA) is 55.9 Å². The van der Waals surface area contributed by atoms with Gasteiger partial charge in [-0.1, -0.05) is 23.7 Å². The molecule has 27 heavy (non-hydrogen) atoms. The van der Waals surface area contributed by atoms with E-state index in [0.717, 1.165) is 5.69 Å². The Morgan fingerprint density at radius 1 is 0.963 bits per heavy atom. The highest BCUT2D eigenvalue weighted by Gasteiger charge is 2.25. The molecular weight excluding hydrogens is 364 g/mol. The first-order chi connectivity index (χ1) is 12.9. The number of amides is 3. The SMILES string of the molecule is CN(C)c1cccc(C(=O)N2CCN(C(=O)Nc3cccc(Cl)c3)CC2)c1. The smallest absolute Gasteiger partial charge is 0.321 e. The van der Waals surface area contributed by atoms with E-state index < -0.39 is 0 Å². The summed E-state index contributed by atoms with van der Waals surface area (Å²) in [6.45, 7) is 2.00. The van der Waals surface area contributed by atoms with Gasteiger partial charge in [0, 0.05) is 62.2 Å². The summed E-state index contributed by atoms with van der Waals surface area (Å²) in [6, 6.07) is 14.4. The molecule has 3 rings (SSSR count). The maximum Gasteiger partial charge on any atom is 0.321 e. The third-order valence-corrected chi connectivity index (χ3v) is 4.77. The van der Waals surface area contributed by atoms with E-state index in [1.165, 1.54) is 0 Å². The second-order valence-corrected chi connectivity index (χ2v) is 7.10. The Kier molecular flexibility index (Phi) is 5.86. The molecule has 0 aromatic heterocycles. The van der Waals surface area contributed by atoms with E-state index in [1.54, 1.807) is 34.1 Å². The van der Waals surface area contributed by atoms with Crippen molar-refractivity contribution in [2.75, 3.05) is 50.5 Å². The first-order valence-electron chi connectivity index (χ1n) is 8.82. The van der Waals surface area contributed by atoms with E-state index >= 15 is 0 Å². The van der Waals surface area contributed by atoms with Crippen LogP contribution in [0.4, 0.5) is 16.2 Å². The number of anilines is 2. The minimum Gasteiger partial charge on any atom is -0.378 e. The van der Waals surface area contributed by atoms with Crippen LogP contribution in [0.3, 0.4) is 0 Å². The van der Waals surface area contributed by atoms with E-state index in [9.17, 15) is 9.59 Å². The Hall–Kier alpha value is -2.73. The Morgan fingerprint density at radius 2 is 1.63 bits per heavy atom. The summed E-state index contributed by atoms with van der Waals surface area (Å²) in [6.07, 6.45) is 0. The van der Waals surface area contributed by atoms with Crippen molar-refractivity contribution in [3.8, 4) is 0 Å². The molecule has 142 valence electrons. The van der Waals surface area contributed by atoms with Gasteiger partial charge in [-0.05, 0) is 36.4 Å². The van der Waals surface area contributed by atoms with Gasteiger partial charge in [0.2, 0.25) is 0 Å². The van der Waals surface area contributed by atoms with Gasteiger partial charge in [-0.15, -0.1) is 0 Å². The van der Waals surface area contributed by atoms with Crippen molar-refractivity contribution in [2.24, 2.45) is 0 Å². The highest BCUT2D eigenvalue weighted by molar-refractivity contribution is 6.30. The molecule has 0 atom stereocenters. The summed E-state index contributed by atoms with van der Waals surface area (Å²) in [5.74, 6) is -0.00593. The van der Waals surface area contributed by atoms with Crippen LogP contribution in [0.2, 0.25) is 5.02 Å². The van der Waals surface area contributed by atoms with Crippen molar-refractivity contribution >= 4 is 34.9 Å². The lowest BCUT2D eigenvalue weighted by Gasteiger charge is -2.34. The van der Waals surface area contributed by atoms with Crippen molar-refractivity contribution in [3.05, 3.63) is 59.1 Å². The number of nitrogens with one attached hydrogen (secondary N) is 1. The van der Waals surface area contributed by atoms with Gasteiger partial charge in [-0.25, -0.2) is 4.79 Å². The summed E-state index contributed by atoms with van der Waals surface area (Å²) >= 11 is 5.94. The fourth-order valence-electron chi connectivity index (χ4n) is 2.98. The number of urea groups is 1. The molecule has 7 heteroatoms. The van der Waals surface area contributed by atoms with E-state index in [1.807, 2.05) is 43.3 Å². The van der Waals surface area contributed by atoms with Crippen LogP contribution in [0.1, 0.15) is 10.4 Å². The van der Waals surface area contributed by atoms with Gasteiger partial charge in [-0.3, -0.25) is 4.79 Å². The van der Waals surface area contributed by atoms with Crippen LogP contribution >= 0.6 is 11.6 Å². The second-order valence-electron chi connectivity index (χ2n) is 6.66. The first-order valence-corrected chi connectivity index (χ1v) is 9.20. The zero-order valence-electron chi connectivity index (χ0n) is 15.5. The minimum atomic E-state index is -0.182. The largest absolute Gasteiger partial charge is 0.378 e. The standard InChI is InChI=1S/C20H23ClN4O2/c1-23(2)18-8-3-5-15(13-18)19(26)24-9-11-25(12-10-24)20(27)22-17-7-4-6-16(21)14-17/h3-8,13-14H,9-12H2,1-2H3,(H,22,27).